The molecule has 0 saturated heterocycles. The second kappa shape index (κ2) is 8.11. The van der Waals surface area contributed by atoms with Gasteiger partial charge in [-0.15, -0.1) is 0 Å². The van der Waals surface area contributed by atoms with Gasteiger partial charge in [0.25, 0.3) is 0 Å². The minimum Gasteiger partial charge on any atom is -0.382 e. The quantitative estimate of drug-likeness (QED) is 0.686. The minimum atomic E-state index is 0.183. The Bertz CT molecular complexity index is 339. The summed E-state index contributed by atoms with van der Waals surface area (Å²) in [6.45, 7) is 9.31. The van der Waals surface area contributed by atoms with Gasteiger partial charge < -0.3 is 19.4 Å². The van der Waals surface area contributed by atoms with Crippen LogP contribution in [0.5, 0.6) is 0 Å². The molecule has 0 saturated carbocycles. The Hall–Kier alpha value is -1.07. The van der Waals surface area contributed by atoms with E-state index in [1.165, 1.54) is 0 Å². The lowest BCUT2D eigenvalue weighted by atomic mass is 10.4. The van der Waals surface area contributed by atoms with Gasteiger partial charge in [0.05, 0.1) is 18.3 Å². The van der Waals surface area contributed by atoms with Crippen LogP contribution in [0.15, 0.2) is 6.20 Å². The Morgan fingerprint density at radius 2 is 2.28 bits per heavy atom. The molecule has 1 unspecified atom stereocenters. The fourth-order valence-electron chi connectivity index (χ4n) is 1.70. The highest BCUT2D eigenvalue weighted by Crippen LogP contribution is 2.10. The number of anilines is 1. The molecular formula is C13H25N3O2. The first-order chi connectivity index (χ1) is 8.67. The lowest BCUT2D eigenvalue weighted by Gasteiger charge is -2.13. The van der Waals surface area contributed by atoms with Gasteiger partial charge in [-0.3, -0.25) is 0 Å². The third kappa shape index (κ3) is 5.06. The summed E-state index contributed by atoms with van der Waals surface area (Å²) < 4.78 is 12.7. The van der Waals surface area contributed by atoms with Gasteiger partial charge >= 0.3 is 0 Å². The van der Waals surface area contributed by atoms with Crippen molar-refractivity contribution in [3.05, 3.63) is 11.9 Å². The van der Waals surface area contributed by atoms with Gasteiger partial charge in [-0.1, -0.05) is 0 Å². The average Bonchev–Trinajstić information content (AvgIpc) is 2.69. The number of aryl methyl sites for hydroxylation is 1. The number of rotatable bonds is 9. The summed E-state index contributed by atoms with van der Waals surface area (Å²) in [5.74, 6) is 0.910. The van der Waals surface area contributed by atoms with E-state index in [0.717, 1.165) is 44.4 Å². The summed E-state index contributed by atoms with van der Waals surface area (Å²) >= 11 is 0. The second-order valence-corrected chi connectivity index (χ2v) is 4.38. The molecule has 1 N–H and O–H groups in total. The number of ether oxygens (including phenoxy) is 2. The van der Waals surface area contributed by atoms with Crippen LogP contribution in [0, 0.1) is 6.92 Å². The molecule has 5 nitrogen and oxygen atoms in total. The smallest absolute Gasteiger partial charge is 0.203 e. The third-order valence-electron chi connectivity index (χ3n) is 2.71. The van der Waals surface area contributed by atoms with Crippen molar-refractivity contribution in [3.63, 3.8) is 0 Å². The van der Waals surface area contributed by atoms with E-state index in [1.54, 1.807) is 7.11 Å². The average molecular weight is 255 g/mol. The first kappa shape index (κ1) is 15.0. The van der Waals surface area contributed by atoms with Crippen LogP contribution in [-0.2, 0) is 16.0 Å². The van der Waals surface area contributed by atoms with E-state index < -0.39 is 0 Å². The molecule has 0 bridgehead atoms. The number of imidazole rings is 1. The molecule has 0 aliphatic heterocycles. The summed E-state index contributed by atoms with van der Waals surface area (Å²) in [4.78, 5) is 4.47. The van der Waals surface area contributed by atoms with E-state index in [4.69, 9.17) is 9.47 Å². The van der Waals surface area contributed by atoms with Crippen LogP contribution < -0.4 is 5.32 Å². The van der Waals surface area contributed by atoms with Crippen molar-refractivity contribution in [1.29, 1.82) is 0 Å². The standard InChI is InChI=1S/C13H25N3O2/c1-5-18-8-6-7-14-13-15-11(2)9-16(13)10-12(3)17-4/h9,12H,5-8,10H2,1-4H3,(H,14,15). The predicted octanol–water partition coefficient (Wildman–Crippen LogP) is 2.06. The number of nitrogens with zero attached hydrogens (tertiary/aromatic N) is 2. The molecule has 1 rings (SSSR count). The maximum Gasteiger partial charge on any atom is 0.203 e. The molecule has 0 spiro atoms. The fourth-order valence-corrected chi connectivity index (χ4v) is 1.70. The van der Waals surface area contributed by atoms with Crippen molar-refractivity contribution < 1.29 is 9.47 Å². The zero-order chi connectivity index (χ0) is 13.4. The zero-order valence-electron chi connectivity index (χ0n) is 11.9. The van der Waals surface area contributed by atoms with Gasteiger partial charge in [-0.2, -0.15) is 0 Å². The van der Waals surface area contributed by atoms with Gasteiger partial charge in [-0.25, -0.2) is 4.98 Å². The largest absolute Gasteiger partial charge is 0.382 e. The monoisotopic (exact) mass is 255 g/mol. The highest BCUT2D eigenvalue weighted by atomic mass is 16.5. The molecule has 1 aromatic heterocycles. The molecule has 1 aromatic rings. The van der Waals surface area contributed by atoms with E-state index >= 15 is 0 Å². The van der Waals surface area contributed by atoms with Crippen molar-refractivity contribution >= 4 is 5.95 Å². The number of hydrogen-bond acceptors (Lipinski definition) is 4. The Morgan fingerprint density at radius 1 is 1.50 bits per heavy atom. The number of hydrogen-bond donors (Lipinski definition) is 1. The molecule has 0 aliphatic carbocycles. The fraction of sp³-hybridized carbons (Fsp3) is 0.769. The SMILES string of the molecule is CCOCCCNc1nc(C)cn1CC(C)OC. The normalized spacial score (nSPS) is 12.7. The summed E-state index contributed by atoms with van der Waals surface area (Å²) in [6, 6.07) is 0. The topological polar surface area (TPSA) is 48.3 Å². The molecule has 0 aliphatic rings. The van der Waals surface area contributed by atoms with E-state index in [2.05, 4.69) is 14.9 Å². The van der Waals surface area contributed by atoms with E-state index in [1.807, 2.05) is 27.0 Å². The first-order valence-electron chi connectivity index (χ1n) is 6.55. The Labute approximate surface area is 109 Å². The molecule has 0 fully saturated rings. The van der Waals surface area contributed by atoms with Crippen LogP contribution in [0.1, 0.15) is 26.0 Å². The zero-order valence-corrected chi connectivity index (χ0v) is 11.9. The first-order valence-corrected chi connectivity index (χ1v) is 6.55. The Kier molecular flexibility index (Phi) is 6.75. The molecule has 1 heterocycles. The minimum absolute atomic E-state index is 0.183. The van der Waals surface area contributed by atoms with Crippen LogP contribution >= 0.6 is 0 Å². The Balaban J connectivity index is 2.43. The van der Waals surface area contributed by atoms with Crippen molar-refractivity contribution in [1.82, 2.24) is 9.55 Å². The van der Waals surface area contributed by atoms with Crippen LogP contribution in [0.3, 0.4) is 0 Å². The second-order valence-electron chi connectivity index (χ2n) is 4.38. The summed E-state index contributed by atoms with van der Waals surface area (Å²) in [7, 11) is 1.73. The van der Waals surface area contributed by atoms with Gasteiger partial charge in [0.2, 0.25) is 5.95 Å². The van der Waals surface area contributed by atoms with Gasteiger partial charge in [0.15, 0.2) is 0 Å². The van der Waals surface area contributed by atoms with Crippen molar-refractivity contribution in [2.75, 3.05) is 32.2 Å². The maximum atomic E-state index is 5.30. The van der Waals surface area contributed by atoms with E-state index in [-0.39, 0.29) is 6.10 Å². The summed E-state index contributed by atoms with van der Waals surface area (Å²) in [5, 5.41) is 3.34. The highest BCUT2D eigenvalue weighted by Gasteiger charge is 2.08. The van der Waals surface area contributed by atoms with E-state index in [0.29, 0.717) is 0 Å². The van der Waals surface area contributed by atoms with Crippen LogP contribution in [-0.4, -0.2) is 42.5 Å². The van der Waals surface area contributed by atoms with Gasteiger partial charge in [0.1, 0.15) is 0 Å². The summed E-state index contributed by atoms with van der Waals surface area (Å²) in [6.07, 6.45) is 3.21. The molecule has 104 valence electrons. The van der Waals surface area contributed by atoms with Crippen molar-refractivity contribution in [2.45, 2.75) is 39.8 Å². The van der Waals surface area contributed by atoms with Crippen LogP contribution in [0.25, 0.3) is 0 Å². The van der Waals surface area contributed by atoms with Crippen LogP contribution in [0.4, 0.5) is 5.95 Å². The van der Waals surface area contributed by atoms with Gasteiger partial charge in [-0.05, 0) is 27.2 Å². The molecule has 18 heavy (non-hydrogen) atoms. The Morgan fingerprint density at radius 3 is 2.94 bits per heavy atom. The molecule has 0 aromatic carbocycles. The molecule has 5 heteroatoms. The molecule has 1 atom stereocenters. The predicted molar refractivity (Wildman–Crippen MR) is 73.0 cm³/mol. The number of nitrogens with one attached hydrogen (secondary N) is 1. The lowest BCUT2D eigenvalue weighted by Crippen LogP contribution is -2.17. The number of aromatic nitrogens is 2. The van der Waals surface area contributed by atoms with Gasteiger partial charge in [0, 0.05) is 33.1 Å². The van der Waals surface area contributed by atoms with Crippen molar-refractivity contribution in [2.24, 2.45) is 0 Å². The molecule has 0 amide bonds. The molecule has 0 radical (unpaired) electrons. The van der Waals surface area contributed by atoms with Crippen LogP contribution in [0.2, 0.25) is 0 Å². The lowest BCUT2D eigenvalue weighted by molar-refractivity contribution is 0.104. The third-order valence-corrected chi connectivity index (χ3v) is 2.71. The van der Waals surface area contributed by atoms with E-state index in [9.17, 15) is 0 Å². The maximum absolute atomic E-state index is 5.30. The van der Waals surface area contributed by atoms with Crippen molar-refractivity contribution in [3.8, 4) is 0 Å². The number of methoxy groups -OCH3 is 1. The molecular weight excluding hydrogens is 230 g/mol. The summed E-state index contributed by atoms with van der Waals surface area (Å²) in [5.41, 5.74) is 1.02. The highest BCUT2D eigenvalue weighted by molar-refractivity contribution is 5.28.